The van der Waals surface area contributed by atoms with Gasteiger partial charge in [0.1, 0.15) is 5.60 Å². The van der Waals surface area contributed by atoms with Crippen molar-refractivity contribution in [2.24, 2.45) is 5.92 Å². The molecule has 1 saturated heterocycles. The molecule has 0 spiro atoms. The average Bonchev–Trinajstić information content (AvgIpc) is 2.37. The number of imide groups is 1. The van der Waals surface area contributed by atoms with E-state index in [1.807, 2.05) is 13.8 Å². The monoisotopic (exact) mass is 257 g/mol. The van der Waals surface area contributed by atoms with Gasteiger partial charge in [-0.2, -0.15) is 0 Å². The zero-order valence-electron chi connectivity index (χ0n) is 11.8. The lowest BCUT2D eigenvalue weighted by molar-refractivity contribution is -0.128. The maximum atomic E-state index is 12.0. The van der Waals surface area contributed by atoms with Crippen molar-refractivity contribution in [3.05, 3.63) is 0 Å². The van der Waals surface area contributed by atoms with Gasteiger partial charge in [0.15, 0.2) is 0 Å². The number of hydrogen-bond acceptors (Lipinski definition) is 4. The highest BCUT2D eigenvalue weighted by Crippen LogP contribution is 2.27. The second-order valence-corrected chi connectivity index (χ2v) is 6.21. The molecule has 0 aromatic rings. The highest BCUT2D eigenvalue weighted by Gasteiger charge is 2.44. The first-order valence-electron chi connectivity index (χ1n) is 6.35. The van der Waals surface area contributed by atoms with E-state index >= 15 is 0 Å². The summed E-state index contributed by atoms with van der Waals surface area (Å²) in [6, 6.07) is -0.465. The van der Waals surface area contributed by atoms with Crippen molar-refractivity contribution in [2.75, 3.05) is 0 Å². The molecule has 18 heavy (non-hydrogen) atoms. The summed E-state index contributed by atoms with van der Waals surface area (Å²) >= 11 is 0. The lowest BCUT2D eigenvalue weighted by Crippen LogP contribution is -2.44. The Morgan fingerprint density at radius 3 is 2.50 bits per heavy atom. The lowest BCUT2D eigenvalue weighted by atomic mass is 10.0. The van der Waals surface area contributed by atoms with Crippen LogP contribution in [0.2, 0.25) is 0 Å². The van der Waals surface area contributed by atoms with E-state index in [1.165, 1.54) is 0 Å². The molecule has 0 saturated carbocycles. The first-order chi connectivity index (χ1) is 8.11. The normalized spacial score (nSPS) is 24.8. The van der Waals surface area contributed by atoms with Gasteiger partial charge >= 0.3 is 6.09 Å². The highest BCUT2D eigenvalue weighted by molar-refractivity contribution is 5.94. The molecule has 1 aliphatic heterocycles. The Kier molecular flexibility index (Phi) is 4.37. The van der Waals surface area contributed by atoms with Gasteiger partial charge in [0, 0.05) is 0 Å². The summed E-state index contributed by atoms with van der Waals surface area (Å²) in [5, 5.41) is 9.86. The zero-order valence-corrected chi connectivity index (χ0v) is 11.8. The van der Waals surface area contributed by atoms with E-state index in [1.54, 1.807) is 20.8 Å². The molecule has 1 rings (SSSR count). The minimum atomic E-state index is -0.785. The summed E-state index contributed by atoms with van der Waals surface area (Å²) in [5.41, 5.74) is -0.646. The molecule has 2 atom stereocenters. The van der Waals surface area contributed by atoms with E-state index in [4.69, 9.17) is 4.74 Å². The minimum absolute atomic E-state index is 0.00334. The number of aliphatic hydroxyl groups excluding tert-OH is 1. The van der Waals surface area contributed by atoms with E-state index in [0.717, 1.165) is 4.90 Å². The first-order valence-corrected chi connectivity index (χ1v) is 6.35. The van der Waals surface area contributed by atoms with Crippen LogP contribution in [0.25, 0.3) is 0 Å². The molecular weight excluding hydrogens is 234 g/mol. The predicted molar refractivity (Wildman–Crippen MR) is 66.9 cm³/mol. The molecule has 0 aromatic heterocycles. The Morgan fingerprint density at radius 1 is 1.50 bits per heavy atom. The molecule has 1 fully saturated rings. The maximum Gasteiger partial charge on any atom is 0.417 e. The SMILES string of the molecule is CC(C)C[C@H]1[C@H](O)CC(=O)N1C(=O)OC(C)(C)C. The van der Waals surface area contributed by atoms with Gasteiger partial charge < -0.3 is 9.84 Å². The molecule has 0 aromatic carbocycles. The molecule has 1 N–H and O–H groups in total. The van der Waals surface area contributed by atoms with E-state index in [0.29, 0.717) is 12.3 Å². The summed E-state index contributed by atoms with van der Waals surface area (Å²) in [6.07, 6.45) is -0.856. The van der Waals surface area contributed by atoms with Crippen LogP contribution in [0.4, 0.5) is 4.79 Å². The van der Waals surface area contributed by atoms with Crippen LogP contribution in [0.15, 0.2) is 0 Å². The number of nitrogens with zero attached hydrogens (tertiary/aromatic N) is 1. The van der Waals surface area contributed by atoms with E-state index in [9.17, 15) is 14.7 Å². The van der Waals surface area contributed by atoms with Crippen LogP contribution in [-0.2, 0) is 9.53 Å². The molecule has 5 heteroatoms. The summed E-state index contributed by atoms with van der Waals surface area (Å²) in [5.74, 6) is -0.0668. The predicted octanol–water partition coefficient (Wildman–Crippen LogP) is 1.93. The van der Waals surface area contributed by atoms with Crippen molar-refractivity contribution in [3.8, 4) is 0 Å². The van der Waals surface area contributed by atoms with Gasteiger partial charge in [-0.15, -0.1) is 0 Å². The molecule has 1 aliphatic rings. The largest absolute Gasteiger partial charge is 0.443 e. The van der Waals surface area contributed by atoms with Crippen molar-refractivity contribution in [2.45, 2.75) is 65.2 Å². The number of hydrogen-bond donors (Lipinski definition) is 1. The summed E-state index contributed by atoms with van der Waals surface area (Å²) in [4.78, 5) is 24.8. The Bertz CT molecular complexity index is 332. The van der Waals surface area contributed by atoms with Crippen LogP contribution >= 0.6 is 0 Å². The Hall–Kier alpha value is -1.10. The third kappa shape index (κ3) is 3.70. The van der Waals surface area contributed by atoms with Gasteiger partial charge in [0.05, 0.1) is 18.6 Å². The fourth-order valence-corrected chi connectivity index (χ4v) is 2.06. The Labute approximate surface area is 108 Å². The van der Waals surface area contributed by atoms with Gasteiger partial charge in [0.25, 0.3) is 0 Å². The Balaban J connectivity index is 2.82. The third-order valence-corrected chi connectivity index (χ3v) is 2.73. The first kappa shape index (κ1) is 15.0. The molecule has 104 valence electrons. The molecule has 0 aliphatic carbocycles. The molecular formula is C13H23NO4. The van der Waals surface area contributed by atoms with Gasteiger partial charge in [-0.1, -0.05) is 13.8 Å². The second kappa shape index (κ2) is 5.26. The number of carbonyl (C=O) groups excluding carboxylic acids is 2. The van der Waals surface area contributed by atoms with Crippen LogP contribution in [0.1, 0.15) is 47.5 Å². The van der Waals surface area contributed by atoms with Gasteiger partial charge in [-0.3, -0.25) is 4.79 Å². The van der Waals surface area contributed by atoms with Crippen molar-refractivity contribution in [1.82, 2.24) is 4.90 Å². The number of rotatable bonds is 2. The van der Waals surface area contributed by atoms with Gasteiger partial charge in [-0.25, -0.2) is 9.69 Å². The average molecular weight is 257 g/mol. The number of ether oxygens (including phenoxy) is 1. The van der Waals surface area contributed by atoms with Crippen LogP contribution in [0.5, 0.6) is 0 Å². The van der Waals surface area contributed by atoms with Crippen molar-refractivity contribution in [1.29, 1.82) is 0 Å². The second-order valence-electron chi connectivity index (χ2n) is 6.21. The molecule has 1 heterocycles. The topological polar surface area (TPSA) is 66.8 Å². The number of likely N-dealkylation sites (tertiary alicyclic amines) is 1. The molecule has 0 bridgehead atoms. The number of carbonyl (C=O) groups is 2. The van der Waals surface area contributed by atoms with E-state index in [-0.39, 0.29) is 12.3 Å². The standard InChI is InChI=1S/C13H23NO4/c1-8(2)6-9-10(15)7-11(16)14(9)12(17)18-13(3,4)5/h8-10,15H,6-7H2,1-5H3/t9-,10+/m0/s1. The van der Waals surface area contributed by atoms with E-state index in [2.05, 4.69) is 0 Å². The smallest absolute Gasteiger partial charge is 0.417 e. The summed E-state index contributed by atoms with van der Waals surface area (Å²) in [6.45, 7) is 9.23. The van der Waals surface area contributed by atoms with Crippen LogP contribution in [-0.4, -0.2) is 39.8 Å². The lowest BCUT2D eigenvalue weighted by Gasteiger charge is -2.29. The molecule has 0 unspecified atom stereocenters. The fourth-order valence-electron chi connectivity index (χ4n) is 2.06. The molecule has 0 radical (unpaired) electrons. The maximum absolute atomic E-state index is 12.0. The van der Waals surface area contributed by atoms with Crippen LogP contribution < -0.4 is 0 Å². The van der Waals surface area contributed by atoms with Crippen LogP contribution in [0.3, 0.4) is 0 Å². The summed E-state index contributed by atoms with van der Waals surface area (Å²) < 4.78 is 5.21. The Morgan fingerprint density at radius 2 is 2.06 bits per heavy atom. The minimum Gasteiger partial charge on any atom is -0.443 e. The van der Waals surface area contributed by atoms with Crippen LogP contribution in [0, 0.1) is 5.92 Å². The number of aliphatic hydroxyl groups is 1. The quantitative estimate of drug-likeness (QED) is 0.820. The third-order valence-electron chi connectivity index (χ3n) is 2.73. The van der Waals surface area contributed by atoms with Crippen molar-refractivity contribution < 1.29 is 19.4 Å². The molecule has 2 amide bonds. The summed E-state index contributed by atoms with van der Waals surface area (Å²) in [7, 11) is 0. The van der Waals surface area contributed by atoms with Gasteiger partial charge in [-0.05, 0) is 33.1 Å². The number of amides is 2. The highest BCUT2D eigenvalue weighted by atomic mass is 16.6. The van der Waals surface area contributed by atoms with Crippen molar-refractivity contribution in [3.63, 3.8) is 0 Å². The molecule has 5 nitrogen and oxygen atoms in total. The zero-order chi connectivity index (χ0) is 14.1. The van der Waals surface area contributed by atoms with E-state index < -0.39 is 23.8 Å². The van der Waals surface area contributed by atoms with Crippen molar-refractivity contribution >= 4 is 12.0 Å². The van der Waals surface area contributed by atoms with Gasteiger partial charge in [0.2, 0.25) is 5.91 Å². The fraction of sp³-hybridized carbons (Fsp3) is 0.846.